The van der Waals surface area contributed by atoms with Gasteiger partial charge in [-0.25, -0.2) is 4.39 Å². The fourth-order valence-corrected chi connectivity index (χ4v) is 1.56. The molecule has 0 aromatic heterocycles. The Labute approximate surface area is 101 Å². The number of nitrogens with one attached hydrogen (secondary N) is 1. The number of rotatable bonds is 5. The molecule has 3 N–H and O–H groups in total. The van der Waals surface area contributed by atoms with E-state index in [1.54, 1.807) is 12.1 Å². The number of halogens is 1. The molecule has 0 aliphatic heterocycles. The molecule has 0 bridgehead atoms. The average molecular weight is 238 g/mol. The van der Waals surface area contributed by atoms with E-state index in [-0.39, 0.29) is 17.8 Å². The Balaban J connectivity index is 2.47. The third-order valence-electron chi connectivity index (χ3n) is 2.62. The fraction of sp³-hybridized carbons (Fsp3) is 0.462. The molecule has 0 saturated heterocycles. The first-order valence-electron chi connectivity index (χ1n) is 5.83. The second-order valence-corrected chi connectivity index (χ2v) is 4.25. The minimum Gasteiger partial charge on any atom is -0.352 e. The molecular formula is C13H19FN2O. The number of carbonyl (C=O) groups excluding carboxylic acids is 1. The molecule has 0 saturated carbocycles. The van der Waals surface area contributed by atoms with Crippen molar-refractivity contribution in [2.24, 2.45) is 5.73 Å². The van der Waals surface area contributed by atoms with E-state index in [2.05, 4.69) is 5.32 Å². The Morgan fingerprint density at radius 2 is 2.00 bits per heavy atom. The third-order valence-corrected chi connectivity index (χ3v) is 2.62. The second kappa shape index (κ2) is 6.35. The van der Waals surface area contributed by atoms with Crippen LogP contribution in [0.25, 0.3) is 0 Å². The van der Waals surface area contributed by atoms with E-state index in [1.807, 2.05) is 13.8 Å². The van der Waals surface area contributed by atoms with Crippen LogP contribution < -0.4 is 11.1 Å². The van der Waals surface area contributed by atoms with Crippen molar-refractivity contribution in [1.82, 2.24) is 5.32 Å². The van der Waals surface area contributed by atoms with Crippen LogP contribution in [0.5, 0.6) is 0 Å². The molecule has 0 heterocycles. The summed E-state index contributed by atoms with van der Waals surface area (Å²) in [4.78, 5) is 11.5. The lowest BCUT2D eigenvalue weighted by Gasteiger charge is -2.16. The third kappa shape index (κ3) is 4.53. The molecular weight excluding hydrogens is 219 g/mol. The summed E-state index contributed by atoms with van der Waals surface area (Å²) < 4.78 is 12.7. The summed E-state index contributed by atoms with van der Waals surface area (Å²) in [6, 6.07) is 5.81. The summed E-state index contributed by atoms with van der Waals surface area (Å²) >= 11 is 0. The monoisotopic (exact) mass is 238 g/mol. The van der Waals surface area contributed by atoms with Gasteiger partial charge in [0, 0.05) is 6.04 Å². The van der Waals surface area contributed by atoms with Crippen LogP contribution in [0.2, 0.25) is 0 Å². The van der Waals surface area contributed by atoms with Gasteiger partial charge in [-0.1, -0.05) is 19.1 Å². The van der Waals surface area contributed by atoms with Gasteiger partial charge in [-0.2, -0.15) is 0 Å². The molecule has 4 heteroatoms. The zero-order chi connectivity index (χ0) is 12.8. The van der Waals surface area contributed by atoms with Gasteiger partial charge in [-0.3, -0.25) is 4.79 Å². The van der Waals surface area contributed by atoms with Crippen molar-refractivity contribution >= 4 is 5.91 Å². The van der Waals surface area contributed by atoms with Crippen molar-refractivity contribution in [2.45, 2.75) is 38.8 Å². The summed E-state index contributed by atoms with van der Waals surface area (Å²) in [6.45, 7) is 3.78. The molecule has 0 radical (unpaired) electrons. The quantitative estimate of drug-likeness (QED) is 0.818. The Kier molecular flexibility index (Phi) is 5.10. The van der Waals surface area contributed by atoms with Crippen molar-refractivity contribution < 1.29 is 9.18 Å². The molecule has 2 atom stereocenters. The maximum absolute atomic E-state index is 12.7. The highest BCUT2D eigenvalue weighted by molar-refractivity contribution is 5.81. The van der Waals surface area contributed by atoms with E-state index in [0.717, 1.165) is 5.56 Å². The molecule has 1 rings (SSSR count). The van der Waals surface area contributed by atoms with Crippen molar-refractivity contribution in [1.29, 1.82) is 0 Å². The summed E-state index contributed by atoms with van der Waals surface area (Å²) in [5.74, 6) is -0.388. The predicted octanol–water partition coefficient (Wildman–Crippen LogP) is 1.61. The van der Waals surface area contributed by atoms with Gasteiger partial charge in [0.05, 0.1) is 6.04 Å². The fourth-order valence-electron chi connectivity index (χ4n) is 1.56. The number of amides is 1. The minimum atomic E-state index is -0.453. The van der Waals surface area contributed by atoms with Gasteiger partial charge in [0.25, 0.3) is 0 Å². The van der Waals surface area contributed by atoms with Crippen LogP contribution in [-0.2, 0) is 11.2 Å². The molecule has 17 heavy (non-hydrogen) atoms. The van der Waals surface area contributed by atoms with Gasteiger partial charge in [0.15, 0.2) is 0 Å². The van der Waals surface area contributed by atoms with E-state index >= 15 is 0 Å². The molecule has 0 aliphatic carbocycles. The minimum absolute atomic E-state index is 0.00874. The van der Waals surface area contributed by atoms with E-state index in [1.165, 1.54) is 12.1 Å². The van der Waals surface area contributed by atoms with Crippen LogP contribution in [0.4, 0.5) is 4.39 Å². The normalized spacial score (nSPS) is 14.1. The summed E-state index contributed by atoms with van der Waals surface area (Å²) in [5, 5.41) is 2.84. The van der Waals surface area contributed by atoms with Crippen molar-refractivity contribution in [3.05, 3.63) is 35.6 Å². The molecule has 0 aliphatic rings. The molecule has 0 fully saturated rings. The standard InChI is InChI=1S/C13H19FN2O/c1-3-12(15)13(17)16-9(2)8-10-4-6-11(14)7-5-10/h4-7,9,12H,3,8,15H2,1-2H3,(H,16,17)/t9?,12-/m0/s1. The Bertz CT molecular complexity index is 364. The van der Waals surface area contributed by atoms with Crippen LogP contribution in [0.15, 0.2) is 24.3 Å². The highest BCUT2D eigenvalue weighted by Gasteiger charge is 2.13. The van der Waals surface area contributed by atoms with Gasteiger partial charge in [0.2, 0.25) is 5.91 Å². The predicted molar refractivity (Wildman–Crippen MR) is 66.0 cm³/mol. The Morgan fingerprint density at radius 1 is 1.41 bits per heavy atom. The Morgan fingerprint density at radius 3 is 2.53 bits per heavy atom. The summed E-state index contributed by atoms with van der Waals surface area (Å²) in [7, 11) is 0. The number of carbonyl (C=O) groups is 1. The van der Waals surface area contributed by atoms with Gasteiger partial charge in [0.1, 0.15) is 5.82 Å². The van der Waals surface area contributed by atoms with Crippen molar-refractivity contribution in [2.75, 3.05) is 0 Å². The first-order chi connectivity index (χ1) is 8.02. The van der Waals surface area contributed by atoms with Crippen LogP contribution in [0.1, 0.15) is 25.8 Å². The number of hydrogen-bond donors (Lipinski definition) is 2. The lowest BCUT2D eigenvalue weighted by molar-refractivity contribution is -0.123. The SMILES string of the molecule is CC[C@H](N)C(=O)NC(C)Cc1ccc(F)cc1. The largest absolute Gasteiger partial charge is 0.352 e. The lowest BCUT2D eigenvalue weighted by Crippen LogP contribution is -2.44. The molecule has 1 amide bonds. The van der Waals surface area contributed by atoms with Crippen LogP contribution in [-0.4, -0.2) is 18.0 Å². The first-order valence-corrected chi connectivity index (χ1v) is 5.83. The maximum Gasteiger partial charge on any atom is 0.237 e. The van der Waals surface area contributed by atoms with Gasteiger partial charge in [-0.15, -0.1) is 0 Å². The Hall–Kier alpha value is -1.42. The molecule has 1 aromatic rings. The molecule has 0 spiro atoms. The molecule has 1 unspecified atom stereocenters. The zero-order valence-electron chi connectivity index (χ0n) is 10.2. The van der Waals surface area contributed by atoms with Crippen LogP contribution in [0.3, 0.4) is 0 Å². The lowest BCUT2D eigenvalue weighted by atomic mass is 10.1. The highest BCUT2D eigenvalue weighted by atomic mass is 19.1. The van der Waals surface area contributed by atoms with Crippen LogP contribution >= 0.6 is 0 Å². The maximum atomic E-state index is 12.7. The smallest absolute Gasteiger partial charge is 0.237 e. The zero-order valence-corrected chi connectivity index (χ0v) is 10.2. The summed E-state index contributed by atoms with van der Waals surface area (Å²) in [6.07, 6.45) is 1.29. The average Bonchev–Trinajstić information content (AvgIpc) is 2.30. The number of nitrogens with two attached hydrogens (primary N) is 1. The topological polar surface area (TPSA) is 55.1 Å². The summed E-state index contributed by atoms with van der Waals surface area (Å²) in [5.41, 5.74) is 6.61. The van der Waals surface area contributed by atoms with Crippen molar-refractivity contribution in [3.63, 3.8) is 0 Å². The van der Waals surface area contributed by atoms with Gasteiger partial charge in [-0.05, 0) is 37.5 Å². The molecule has 94 valence electrons. The van der Waals surface area contributed by atoms with Crippen LogP contribution in [0, 0.1) is 5.82 Å². The molecule has 1 aromatic carbocycles. The van der Waals surface area contributed by atoms with E-state index in [4.69, 9.17) is 5.73 Å². The van der Waals surface area contributed by atoms with E-state index in [9.17, 15) is 9.18 Å². The molecule has 3 nitrogen and oxygen atoms in total. The highest BCUT2D eigenvalue weighted by Crippen LogP contribution is 2.05. The van der Waals surface area contributed by atoms with Gasteiger partial charge < -0.3 is 11.1 Å². The van der Waals surface area contributed by atoms with E-state index in [0.29, 0.717) is 12.8 Å². The van der Waals surface area contributed by atoms with Crippen molar-refractivity contribution in [3.8, 4) is 0 Å². The number of hydrogen-bond acceptors (Lipinski definition) is 2. The number of benzene rings is 1. The van der Waals surface area contributed by atoms with E-state index < -0.39 is 6.04 Å². The first kappa shape index (κ1) is 13.6. The van der Waals surface area contributed by atoms with Gasteiger partial charge >= 0.3 is 0 Å². The second-order valence-electron chi connectivity index (χ2n) is 4.25.